The van der Waals surface area contributed by atoms with E-state index in [0.29, 0.717) is 6.42 Å². The van der Waals surface area contributed by atoms with Gasteiger partial charge in [0.05, 0.1) is 22.9 Å². The number of rotatable bonds is 5. The first-order valence-electron chi connectivity index (χ1n) is 9.31. The number of amides is 2. The van der Waals surface area contributed by atoms with Crippen molar-refractivity contribution in [1.29, 1.82) is 0 Å². The summed E-state index contributed by atoms with van der Waals surface area (Å²) in [4.78, 5) is 35.7. The molecule has 0 saturated heterocycles. The second kappa shape index (κ2) is 7.43. The van der Waals surface area contributed by atoms with Gasteiger partial charge in [0.25, 0.3) is 0 Å². The van der Waals surface area contributed by atoms with Crippen molar-refractivity contribution in [3.8, 4) is 0 Å². The minimum atomic E-state index is -4.55. The Hall–Kier alpha value is -3.43. The third kappa shape index (κ3) is 4.12. The maximum atomic E-state index is 12.5. The van der Waals surface area contributed by atoms with Crippen molar-refractivity contribution < 1.29 is 22.8 Å². The molecule has 1 aliphatic rings. The molecule has 2 amide bonds. The number of hydrogen-bond acceptors (Lipinski definition) is 4. The van der Waals surface area contributed by atoms with Crippen molar-refractivity contribution in [2.24, 2.45) is 5.92 Å². The summed E-state index contributed by atoms with van der Waals surface area (Å²) in [6.45, 7) is 1.50. The van der Waals surface area contributed by atoms with Gasteiger partial charge in [-0.1, -0.05) is 12.1 Å². The lowest BCUT2D eigenvalue weighted by molar-refractivity contribution is -0.141. The maximum Gasteiger partial charge on any atom is 0.433 e. The van der Waals surface area contributed by atoms with Gasteiger partial charge in [-0.2, -0.15) is 13.2 Å². The van der Waals surface area contributed by atoms with E-state index < -0.39 is 23.8 Å². The van der Waals surface area contributed by atoms with E-state index in [1.807, 2.05) is 24.3 Å². The molecule has 0 radical (unpaired) electrons. The molecule has 1 aliphatic carbocycles. The molecule has 0 spiro atoms. The van der Waals surface area contributed by atoms with Crippen LogP contribution in [-0.4, -0.2) is 32.8 Å². The molecule has 1 saturated carbocycles. The van der Waals surface area contributed by atoms with E-state index in [1.54, 1.807) is 0 Å². The predicted octanol–water partition coefficient (Wildman–Crippen LogP) is 3.22. The zero-order chi connectivity index (χ0) is 21.5. The number of aromatic amines is 1. The Labute approximate surface area is 169 Å². The van der Waals surface area contributed by atoms with Crippen LogP contribution in [0.3, 0.4) is 0 Å². The standard InChI is InChI=1S/C20H18F3N5O2/c1-10(18(29)26-11-6-7-16(24-9-11)20(21,22)23)25-19(30)13-8-12(13)17-27-14-4-2-3-5-15(14)28-17/h2-7,9-10,12-13H,8H2,1H3,(H,25,30)(H,26,29)(H,27,28)/t10?,12-,13-/m1/s1. The molecule has 30 heavy (non-hydrogen) atoms. The van der Waals surface area contributed by atoms with Gasteiger partial charge in [0.1, 0.15) is 17.6 Å². The van der Waals surface area contributed by atoms with Crippen LogP contribution in [-0.2, 0) is 15.8 Å². The number of pyridine rings is 1. The minimum absolute atomic E-state index is 0.0354. The van der Waals surface area contributed by atoms with Crippen molar-refractivity contribution in [3.05, 3.63) is 54.1 Å². The van der Waals surface area contributed by atoms with Gasteiger partial charge in [-0.25, -0.2) is 9.97 Å². The van der Waals surface area contributed by atoms with Crippen LogP contribution in [0.4, 0.5) is 18.9 Å². The van der Waals surface area contributed by atoms with Crippen molar-refractivity contribution in [2.45, 2.75) is 31.5 Å². The maximum absolute atomic E-state index is 12.5. The number of benzene rings is 1. The molecule has 156 valence electrons. The summed E-state index contributed by atoms with van der Waals surface area (Å²) in [5, 5.41) is 5.08. The number of aromatic nitrogens is 3. The van der Waals surface area contributed by atoms with Gasteiger partial charge in [0.15, 0.2) is 0 Å². The first-order chi connectivity index (χ1) is 14.2. The fourth-order valence-electron chi connectivity index (χ4n) is 3.21. The first-order valence-corrected chi connectivity index (χ1v) is 9.31. The van der Waals surface area contributed by atoms with Gasteiger partial charge in [-0.05, 0) is 37.6 Å². The van der Waals surface area contributed by atoms with Gasteiger partial charge in [-0.3, -0.25) is 9.59 Å². The SMILES string of the molecule is CC(NC(=O)[C@@H]1C[C@H]1c1nc2ccccc2[nH]1)C(=O)Nc1ccc(C(F)(F)F)nc1. The highest BCUT2D eigenvalue weighted by atomic mass is 19.4. The molecule has 1 fully saturated rings. The van der Waals surface area contributed by atoms with Crippen molar-refractivity contribution in [2.75, 3.05) is 5.32 Å². The summed E-state index contributed by atoms with van der Waals surface area (Å²) in [7, 11) is 0. The molecule has 0 bridgehead atoms. The molecule has 7 nitrogen and oxygen atoms in total. The second-order valence-corrected chi connectivity index (χ2v) is 7.24. The van der Waals surface area contributed by atoms with Crippen molar-refractivity contribution in [3.63, 3.8) is 0 Å². The number of halogens is 3. The third-order valence-corrected chi connectivity index (χ3v) is 4.96. The monoisotopic (exact) mass is 417 g/mol. The Balaban J connectivity index is 1.32. The number of hydrogen-bond donors (Lipinski definition) is 3. The second-order valence-electron chi connectivity index (χ2n) is 7.24. The van der Waals surface area contributed by atoms with Crippen LogP contribution in [0.1, 0.15) is 30.8 Å². The number of nitrogens with one attached hydrogen (secondary N) is 3. The highest BCUT2D eigenvalue weighted by Gasteiger charge is 2.46. The quantitative estimate of drug-likeness (QED) is 0.594. The number of H-pyrrole nitrogens is 1. The third-order valence-electron chi connectivity index (χ3n) is 4.96. The van der Waals surface area contributed by atoms with E-state index in [0.717, 1.165) is 35.2 Å². The van der Waals surface area contributed by atoms with Crippen LogP contribution in [0.2, 0.25) is 0 Å². The largest absolute Gasteiger partial charge is 0.433 e. The Bertz CT molecular complexity index is 1060. The van der Waals surface area contributed by atoms with Crippen LogP contribution >= 0.6 is 0 Å². The number of nitrogens with zero attached hydrogens (tertiary/aromatic N) is 2. The van der Waals surface area contributed by atoms with Gasteiger partial charge in [0, 0.05) is 11.8 Å². The van der Waals surface area contributed by atoms with E-state index >= 15 is 0 Å². The van der Waals surface area contributed by atoms with Crippen LogP contribution in [0.15, 0.2) is 42.6 Å². The normalized spacial score (nSPS) is 19.3. The summed E-state index contributed by atoms with van der Waals surface area (Å²) >= 11 is 0. The summed E-state index contributed by atoms with van der Waals surface area (Å²) in [5.41, 5.74) is 0.792. The van der Waals surface area contributed by atoms with Gasteiger partial charge in [0.2, 0.25) is 11.8 Å². The fraction of sp³-hybridized carbons (Fsp3) is 0.300. The van der Waals surface area contributed by atoms with E-state index in [2.05, 4.69) is 25.6 Å². The highest BCUT2D eigenvalue weighted by molar-refractivity contribution is 5.97. The zero-order valence-electron chi connectivity index (χ0n) is 15.8. The summed E-state index contributed by atoms with van der Waals surface area (Å²) in [5.74, 6) is -0.399. The molecule has 2 aromatic heterocycles. The van der Waals surface area contributed by atoms with Gasteiger partial charge < -0.3 is 15.6 Å². The van der Waals surface area contributed by atoms with E-state index in [1.165, 1.54) is 6.92 Å². The van der Waals surface area contributed by atoms with E-state index in [4.69, 9.17) is 0 Å². The van der Waals surface area contributed by atoms with Crippen LogP contribution in [0.25, 0.3) is 11.0 Å². The van der Waals surface area contributed by atoms with Crippen molar-refractivity contribution in [1.82, 2.24) is 20.3 Å². The average molecular weight is 417 g/mol. The smallest absolute Gasteiger partial charge is 0.344 e. The number of alkyl halides is 3. The zero-order valence-corrected chi connectivity index (χ0v) is 15.8. The van der Waals surface area contributed by atoms with Gasteiger partial charge >= 0.3 is 6.18 Å². The number of fused-ring (bicyclic) bond motifs is 1. The fourth-order valence-corrected chi connectivity index (χ4v) is 3.21. The first kappa shape index (κ1) is 19.9. The summed E-state index contributed by atoms with van der Waals surface area (Å²) in [6, 6.07) is 8.60. The molecule has 0 aliphatic heterocycles. The highest BCUT2D eigenvalue weighted by Crippen LogP contribution is 2.46. The molecule has 4 rings (SSSR count). The molecule has 3 N–H and O–H groups in total. The Kier molecular flexibility index (Phi) is 4.92. The minimum Gasteiger partial charge on any atom is -0.344 e. The molecular weight excluding hydrogens is 399 g/mol. The number of anilines is 1. The summed E-state index contributed by atoms with van der Waals surface area (Å²) < 4.78 is 37.6. The average Bonchev–Trinajstić information content (AvgIpc) is 3.39. The predicted molar refractivity (Wildman–Crippen MR) is 102 cm³/mol. The van der Waals surface area contributed by atoms with Crippen molar-refractivity contribution >= 4 is 28.5 Å². The topological polar surface area (TPSA) is 99.8 Å². The Morgan fingerprint density at radius 2 is 1.97 bits per heavy atom. The van der Waals surface area contributed by atoms with Crippen LogP contribution in [0.5, 0.6) is 0 Å². The molecule has 2 heterocycles. The Morgan fingerprint density at radius 3 is 2.63 bits per heavy atom. The lowest BCUT2D eigenvalue weighted by atomic mass is 10.2. The number of carbonyl (C=O) groups is 2. The lowest BCUT2D eigenvalue weighted by Gasteiger charge is -2.14. The molecule has 3 aromatic rings. The molecular formula is C20H18F3N5O2. The lowest BCUT2D eigenvalue weighted by Crippen LogP contribution is -2.42. The summed E-state index contributed by atoms with van der Waals surface area (Å²) in [6.07, 6.45) is -3.00. The molecule has 10 heteroatoms. The molecule has 1 aromatic carbocycles. The van der Waals surface area contributed by atoms with Crippen LogP contribution < -0.4 is 10.6 Å². The van der Waals surface area contributed by atoms with E-state index in [-0.39, 0.29) is 23.4 Å². The molecule has 1 unspecified atom stereocenters. The molecule has 3 atom stereocenters. The van der Waals surface area contributed by atoms with Crippen LogP contribution in [0, 0.1) is 5.92 Å². The van der Waals surface area contributed by atoms with E-state index in [9.17, 15) is 22.8 Å². The Morgan fingerprint density at radius 1 is 1.20 bits per heavy atom. The van der Waals surface area contributed by atoms with Gasteiger partial charge in [-0.15, -0.1) is 0 Å². The number of para-hydroxylation sites is 2. The number of carbonyl (C=O) groups excluding carboxylic acids is 2. The number of imidazole rings is 1.